The molecule has 2 N–H and O–H groups in total. The van der Waals surface area contributed by atoms with Crippen LogP contribution in [0.15, 0.2) is 18.3 Å². The lowest BCUT2D eigenvalue weighted by Crippen LogP contribution is -2.31. The number of amides is 1. The lowest BCUT2D eigenvalue weighted by molar-refractivity contribution is 0.0955. The molecule has 2 aromatic heterocycles. The lowest BCUT2D eigenvalue weighted by atomic mass is 10.1. The van der Waals surface area contributed by atoms with Gasteiger partial charge in [-0.2, -0.15) is 10.1 Å². The van der Waals surface area contributed by atoms with Crippen molar-refractivity contribution in [3.8, 4) is 5.88 Å². The van der Waals surface area contributed by atoms with Gasteiger partial charge in [0.05, 0.1) is 12.6 Å². The fraction of sp³-hybridized carbons (Fsp3) is 0.500. The minimum atomic E-state index is -0.355. The van der Waals surface area contributed by atoms with Gasteiger partial charge in [-0.3, -0.25) is 20.3 Å². The summed E-state index contributed by atoms with van der Waals surface area (Å²) in [5.74, 6) is 0.544. The highest BCUT2D eigenvalue weighted by atomic mass is 16.5. The van der Waals surface area contributed by atoms with Crippen LogP contribution in [0.1, 0.15) is 56.7 Å². The molecule has 0 aliphatic heterocycles. The summed E-state index contributed by atoms with van der Waals surface area (Å²) in [5, 5.41) is 4.45. The SMILES string of the molecule is COc1ccnc(NNC(=O)c2cc(C(C)C)n(C(C)(C)C)n2)n1. The van der Waals surface area contributed by atoms with Crippen LogP contribution in [0.4, 0.5) is 5.95 Å². The predicted molar refractivity (Wildman–Crippen MR) is 91.0 cm³/mol. The molecule has 0 bridgehead atoms. The maximum absolute atomic E-state index is 12.4. The molecular weight excluding hydrogens is 308 g/mol. The maximum Gasteiger partial charge on any atom is 0.290 e. The van der Waals surface area contributed by atoms with E-state index in [9.17, 15) is 4.79 Å². The van der Waals surface area contributed by atoms with Crippen molar-refractivity contribution in [2.24, 2.45) is 0 Å². The van der Waals surface area contributed by atoms with Gasteiger partial charge >= 0.3 is 0 Å². The fourth-order valence-corrected chi connectivity index (χ4v) is 2.15. The van der Waals surface area contributed by atoms with Crippen molar-refractivity contribution in [2.75, 3.05) is 12.5 Å². The first-order chi connectivity index (χ1) is 11.2. The van der Waals surface area contributed by atoms with E-state index in [0.29, 0.717) is 11.6 Å². The molecule has 0 unspecified atom stereocenters. The predicted octanol–water partition coefficient (Wildman–Crippen LogP) is 2.32. The smallest absolute Gasteiger partial charge is 0.290 e. The Morgan fingerprint density at radius 1 is 1.33 bits per heavy atom. The normalized spacial score (nSPS) is 11.5. The molecule has 8 nitrogen and oxygen atoms in total. The minimum absolute atomic E-state index is 0.207. The van der Waals surface area contributed by atoms with Crippen LogP contribution in [0.25, 0.3) is 0 Å². The van der Waals surface area contributed by atoms with Gasteiger partial charge in [0.25, 0.3) is 5.91 Å². The van der Waals surface area contributed by atoms with E-state index in [4.69, 9.17) is 4.74 Å². The number of carbonyl (C=O) groups is 1. The third-order valence-corrected chi connectivity index (χ3v) is 3.32. The van der Waals surface area contributed by atoms with Crippen molar-refractivity contribution < 1.29 is 9.53 Å². The van der Waals surface area contributed by atoms with Crippen molar-refractivity contribution in [1.29, 1.82) is 0 Å². The van der Waals surface area contributed by atoms with Crippen molar-refractivity contribution in [2.45, 2.75) is 46.1 Å². The molecular formula is C16H24N6O2. The molecule has 0 aliphatic carbocycles. The molecule has 130 valence electrons. The third-order valence-electron chi connectivity index (χ3n) is 3.32. The molecule has 8 heteroatoms. The lowest BCUT2D eigenvalue weighted by Gasteiger charge is -2.23. The number of carbonyl (C=O) groups excluding carboxylic acids is 1. The topological polar surface area (TPSA) is 94.0 Å². The second kappa shape index (κ2) is 6.86. The highest BCUT2D eigenvalue weighted by Gasteiger charge is 2.23. The molecule has 0 atom stereocenters. The van der Waals surface area contributed by atoms with Gasteiger partial charge in [0.2, 0.25) is 11.8 Å². The molecule has 0 aliphatic rings. The van der Waals surface area contributed by atoms with E-state index in [1.807, 2.05) is 4.68 Å². The van der Waals surface area contributed by atoms with Gasteiger partial charge in [0.1, 0.15) is 0 Å². The Balaban J connectivity index is 2.15. The zero-order valence-electron chi connectivity index (χ0n) is 14.9. The second-order valence-electron chi connectivity index (χ2n) is 6.69. The van der Waals surface area contributed by atoms with E-state index in [2.05, 4.69) is 60.5 Å². The van der Waals surface area contributed by atoms with Crippen molar-refractivity contribution in [1.82, 2.24) is 25.2 Å². The Hall–Kier alpha value is -2.64. The Morgan fingerprint density at radius 3 is 2.58 bits per heavy atom. The van der Waals surface area contributed by atoms with Crippen molar-refractivity contribution in [3.63, 3.8) is 0 Å². The molecule has 0 fully saturated rings. The number of methoxy groups -OCH3 is 1. The van der Waals surface area contributed by atoms with Crippen LogP contribution in [0.5, 0.6) is 5.88 Å². The molecule has 0 saturated carbocycles. The average molecular weight is 332 g/mol. The Bertz CT molecular complexity index is 718. The maximum atomic E-state index is 12.4. The number of hydrazine groups is 1. The Kier molecular flexibility index (Phi) is 5.06. The molecule has 2 aromatic rings. The third kappa shape index (κ3) is 4.01. The molecule has 0 saturated heterocycles. The van der Waals surface area contributed by atoms with Gasteiger partial charge in [0, 0.05) is 18.0 Å². The van der Waals surface area contributed by atoms with Gasteiger partial charge in [-0.05, 0) is 32.8 Å². The average Bonchev–Trinajstić information content (AvgIpc) is 2.98. The summed E-state index contributed by atoms with van der Waals surface area (Å²) in [5.41, 5.74) is 6.35. The molecule has 1 amide bonds. The van der Waals surface area contributed by atoms with Crippen LogP contribution >= 0.6 is 0 Å². The zero-order valence-corrected chi connectivity index (χ0v) is 14.9. The largest absolute Gasteiger partial charge is 0.481 e. The van der Waals surface area contributed by atoms with Gasteiger partial charge in [-0.15, -0.1) is 0 Å². The summed E-state index contributed by atoms with van der Waals surface area (Å²) in [6.07, 6.45) is 1.53. The molecule has 0 spiro atoms. The van der Waals surface area contributed by atoms with E-state index in [-0.39, 0.29) is 23.3 Å². The summed E-state index contributed by atoms with van der Waals surface area (Å²) in [6.45, 7) is 10.3. The molecule has 2 heterocycles. The highest BCUT2D eigenvalue weighted by Crippen LogP contribution is 2.23. The van der Waals surface area contributed by atoms with E-state index in [1.54, 1.807) is 12.1 Å². The van der Waals surface area contributed by atoms with E-state index < -0.39 is 0 Å². The number of nitrogens with zero attached hydrogens (tertiary/aromatic N) is 4. The number of ether oxygens (including phenoxy) is 1. The number of aromatic nitrogens is 4. The number of hydrogen-bond acceptors (Lipinski definition) is 6. The highest BCUT2D eigenvalue weighted by molar-refractivity contribution is 5.93. The first-order valence-corrected chi connectivity index (χ1v) is 7.76. The second-order valence-corrected chi connectivity index (χ2v) is 6.69. The van der Waals surface area contributed by atoms with E-state index in [0.717, 1.165) is 5.69 Å². The van der Waals surface area contributed by atoms with Crippen molar-refractivity contribution >= 4 is 11.9 Å². The van der Waals surface area contributed by atoms with E-state index >= 15 is 0 Å². The van der Waals surface area contributed by atoms with Gasteiger partial charge in [-0.1, -0.05) is 13.8 Å². The van der Waals surface area contributed by atoms with Crippen LogP contribution in [-0.4, -0.2) is 32.8 Å². The number of rotatable bonds is 5. The number of hydrogen-bond donors (Lipinski definition) is 2. The monoisotopic (exact) mass is 332 g/mol. The summed E-state index contributed by atoms with van der Waals surface area (Å²) in [7, 11) is 1.51. The summed E-state index contributed by atoms with van der Waals surface area (Å²) in [6, 6.07) is 3.42. The molecule has 2 rings (SSSR count). The summed E-state index contributed by atoms with van der Waals surface area (Å²) in [4.78, 5) is 20.4. The molecule has 0 radical (unpaired) electrons. The quantitative estimate of drug-likeness (QED) is 0.816. The molecule has 0 aromatic carbocycles. The number of anilines is 1. The van der Waals surface area contributed by atoms with Gasteiger partial charge in [-0.25, -0.2) is 4.98 Å². The first kappa shape index (κ1) is 17.7. The number of nitrogens with one attached hydrogen (secondary N) is 2. The summed E-state index contributed by atoms with van der Waals surface area (Å²) < 4.78 is 6.89. The fourth-order valence-electron chi connectivity index (χ4n) is 2.15. The van der Waals surface area contributed by atoms with Gasteiger partial charge in [0.15, 0.2) is 5.69 Å². The van der Waals surface area contributed by atoms with Crippen LogP contribution in [0.3, 0.4) is 0 Å². The van der Waals surface area contributed by atoms with Gasteiger partial charge < -0.3 is 4.74 Å². The molecule has 24 heavy (non-hydrogen) atoms. The van der Waals surface area contributed by atoms with Crippen LogP contribution in [0, 0.1) is 0 Å². The Morgan fingerprint density at radius 2 is 2.04 bits per heavy atom. The zero-order chi connectivity index (χ0) is 17.9. The van der Waals surface area contributed by atoms with E-state index in [1.165, 1.54) is 13.3 Å². The van der Waals surface area contributed by atoms with Crippen LogP contribution in [-0.2, 0) is 5.54 Å². The van der Waals surface area contributed by atoms with Crippen LogP contribution < -0.4 is 15.6 Å². The standard InChI is InChI=1S/C16H24N6O2/c1-10(2)12-9-11(21-22(12)16(3,4)5)14(23)19-20-15-17-8-7-13(18-15)24-6/h7-10H,1-6H3,(H,19,23)(H,17,18,20). The van der Waals surface area contributed by atoms with Crippen molar-refractivity contribution in [3.05, 3.63) is 29.7 Å². The summed E-state index contributed by atoms with van der Waals surface area (Å²) >= 11 is 0. The first-order valence-electron chi connectivity index (χ1n) is 7.76. The minimum Gasteiger partial charge on any atom is -0.481 e. The Labute approximate surface area is 141 Å². The van der Waals surface area contributed by atoms with Crippen LogP contribution in [0.2, 0.25) is 0 Å².